The monoisotopic (exact) mass is 277 g/mol. The van der Waals surface area contributed by atoms with Crippen LogP contribution in [-0.2, 0) is 12.6 Å². The zero-order chi connectivity index (χ0) is 14.2. The number of hydrogen-bond acceptors (Lipinski definition) is 6. The van der Waals surface area contributed by atoms with Gasteiger partial charge in [0.15, 0.2) is 11.5 Å². The molecule has 7 nitrogen and oxygen atoms in total. The summed E-state index contributed by atoms with van der Waals surface area (Å²) in [6, 6.07) is 1.77. The molecular weight excluding hydrogens is 258 g/mol. The molecule has 0 aromatic carbocycles. The Morgan fingerprint density at radius 2 is 2.10 bits per heavy atom. The second-order valence-corrected chi connectivity index (χ2v) is 5.34. The molecule has 0 spiro atoms. The van der Waals surface area contributed by atoms with Crippen molar-refractivity contribution in [2.75, 3.05) is 7.11 Å². The van der Waals surface area contributed by atoms with Gasteiger partial charge in [-0.25, -0.2) is 4.68 Å². The largest absolute Gasteiger partial charge is 0.481 e. The molecule has 0 amide bonds. The van der Waals surface area contributed by atoms with E-state index in [0.717, 1.165) is 25.7 Å². The molecule has 2 aromatic rings. The van der Waals surface area contributed by atoms with Gasteiger partial charge in [-0.1, -0.05) is 24.4 Å². The summed E-state index contributed by atoms with van der Waals surface area (Å²) in [6.07, 6.45) is 5.24. The summed E-state index contributed by atoms with van der Waals surface area (Å²) >= 11 is 0. The second-order valence-electron chi connectivity index (χ2n) is 5.34. The average Bonchev–Trinajstić information content (AvgIpc) is 3.06. The molecule has 0 saturated heterocycles. The van der Waals surface area contributed by atoms with E-state index in [4.69, 9.17) is 15.0 Å². The number of aromatic nitrogens is 4. The molecule has 0 aliphatic heterocycles. The fraction of sp³-hybridized carbons (Fsp3) is 0.615. The Hall–Kier alpha value is -1.89. The van der Waals surface area contributed by atoms with Crippen LogP contribution in [0.1, 0.15) is 37.9 Å². The van der Waals surface area contributed by atoms with Gasteiger partial charge < -0.3 is 15.0 Å². The topological polar surface area (TPSA) is 92.0 Å². The van der Waals surface area contributed by atoms with E-state index in [2.05, 4.69) is 15.2 Å². The van der Waals surface area contributed by atoms with Crippen molar-refractivity contribution in [1.82, 2.24) is 19.9 Å². The zero-order valence-corrected chi connectivity index (χ0v) is 11.8. The van der Waals surface area contributed by atoms with Crippen molar-refractivity contribution < 1.29 is 9.26 Å². The van der Waals surface area contributed by atoms with Gasteiger partial charge >= 0.3 is 0 Å². The minimum Gasteiger partial charge on any atom is -0.481 e. The molecule has 0 bridgehead atoms. The molecule has 2 heterocycles. The average molecular weight is 277 g/mol. The number of nitrogens with two attached hydrogens (primary N) is 1. The highest BCUT2D eigenvalue weighted by Crippen LogP contribution is 2.34. The fourth-order valence-electron chi connectivity index (χ4n) is 2.68. The molecule has 108 valence electrons. The Balaban J connectivity index is 1.89. The van der Waals surface area contributed by atoms with E-state index in [1.165, 1.54) is 6.42 Å². The van der Waals surface area contributed by atoms with E-state index < -0.39 is 5.54 Å². The number of aryl methyl sites for hydroxylation is 1. The summed E-state index contributed by atoms with van der Waals surface area (Å²) in [6.45, 7) is 0. The van der Waals surface area contributed by atoms with E-state index in [0.29, 0.717) is 23.3 Å². The molecule has 1 aliphatic carbocycles. The Morgan fingerprint density at radius 3 is 2.75 bits per heavy atom. The van der Waals surface area contributed by atoms with Crippen molar-refractivity contribution in [2.24, 2.45) is 12.8 Å². The van der Waals surface area contributed by atoms with Gasteiger partial charge in [0, 0.05) is 13.1 Å². The minimum atomic E-state index is -0.459. The van der Waals surface area contributed by atoms with Crippen LogP contribution in [0, 0.1) is 0 Å². The predicted octanol–water partition coefficient (Wildman–Crippen LogP) is 1.60. The molecule has 1 aliphatic rings. The third-order valence-electron chi connectivity index (χ3n) is 3.88. The first-order chi connectivity index (χ1) is 9.62. The van der Waals surface area contributed by atoms with E-state index in [1.54, 1.807) is 24.9 Å². The van der Waals surface area contributed by atoms with Gasteiger partial charge in [-0.3, -0.25) is 0 Å². The zero-order valence-electron chi connectivity index (χ0n) is 11.8. The number of hydrogen-bond donors (Lipinski definition) is 1. The number of methoxy groups -OCH3 is 1. The van der Waals surface area contributed by atoms with Crippen LogP contribution in [0.4, 0.5) is 0 Å². The van der Waals surface area contributed by atoms with Crippen molar-refractivity contribution in [3.8, 4) is 17.5 Å². The maximum Gasteiger partial charge on any atom is 0.278 e. The first-order valence-electron chi connectivity index (χ1n) is 6.84. The third kappa shape index (κ3) is 2.18. The first kappa shape index (κ1) is 13.1. The number of nitrogens with zero attached hydrogens (tertiary/aromatic N) is 4. The summed E-state index contributed by atoms with van der Waals surface area (Å²) in [4.78, 5) is 4.43. The lowest BCUT2D eigenvalue weighted by Crippen LogP contribution is -2.39. The Labute approximate surface area is 117 Å². The maximum atomic E-state index is 6.40. The van der Waals surface area contributed by atoms with Crippen molar-refractivity contribution >= 4 is 0 Å². The summed E-state index contributed by atoms with van der Waals surface area (Å²) in [5, 5.41) is 8.34. The van der Waals surface area contributed by atoms with Gasteiger partial charge in [-0.15, -0.1) is 0 Å². The van der Waals surface area contributed by atoms with Gasteiger partial charge in [0.05, 0.1) is 12.6 Å². The quantitative estimate of drug-likeness (QED) is 0.916. The Bertz CT molecular complexity index is 598. The lowest BCUT2D eigenvalue weighted by atomic mass is 9.82. The van der Waals surface area contributed by atoms with E-state index in [1.807, 2.05) is 0 Å². The van der Waals surface area contributed by atoms with Crippen molar-refractivity contribution in [3.05, 3.63) is 11.9 Å². The van der Waals surface area contributed by atoms with Crippen LogP contribution >= 0.6 is 0 Å². The fourth-order valence-corrected chi connectivity index (χ4v) is 2.68. The van der Waals surface area contributed by atoms with Crippen LogP contribution < -0.4 is 10.5 Å². The molecule has 2 aromatic heterocycles. The molecule has 20 heavy (non-hydrogen) atoms. The predicted molar refractivity (Wildman–Crippen MR) is 72.0 cm³/mol. The van der Waals surface area contributed by atoms with Gasteiger partial charge in [0.2, 0.25) is 5.88 Å². The molecule has 0 radical (unpaired) electrons. The Morgan fingerprint density at radius 1 is 1.35 bits per heavy atom. The van der Waals surface area contributed by atoms with Crippen LogP contribution in [0.25, 0.3) is 11.6 Å². The first-order valence-corrected chi connectivity index (χ1v) is 6.84. The summed E-state index contributed by atoms with van der Waals surface area (Å²) in [5.74, 6) is 1.60. The van der Waals surface area contributed by atoms with Crippen molar-refractivity contribution in [2.45, 2.75) is 37.6 Å². The molecule has 2 N–H and O–H groups in total. The van der Waals surface area contributed by atoms with Gasteiger partial charge in [0.1, 0.15) is 0 Å². The molecule has 0 atom stereocenters. The number of ether oxygens (including phenoxy) is 1. The van der Waals surface area contributed by atoms with Crippen molar-refractivity contribution in [1.29, 1.82) is 0 Å². The summed E-state index contributed by atoms with van der Waals surface area (Å²) < 4.78 is 12.1. The normalized spacial score (nSPS) is 18.1. The highest BCUT2D eigenvalue weighted by atomic mass is 16.5. The molecule has 1 saturated carbocycles. The van der Waals surface area contributed by atoms with Crippen LogP contribution in [0.5, 0.6) is 5.88 Å². The molecule has 7 heteroatoms. The standard InChI is InChI=1S/C13H19N5O2/c1-18-10(19-2)8-9(16-18)11-15-12(17-20-11)13(14)6-4-3-5-7-13/h8H,3-7,14H2,1-2H3. The highest BCUT2D eigenvalue weighted by molar-refractivity contribution is 5.48. The second kappa shape index (κ2) is 4.90. The molecule has 3 rings (SSSR count). The Kier molecular flexibility index (Phi) is 3.21. The minimum absolute atomic E-state index is 0.384. The highest BCUT2D eigenvalue weighted by Gasteiger charge is 2.34. The van der Waals surface area contributed by atoms with Gasteiger partial charge in [0.25, 0.3) is 5.89 Å². The maximum absolute atomic E-state index is 6.40. The van der Waals surface area contributed by atoms with E-state index >= 15 is 0 Å². The molecule has 1 fully saturated rings. The summed E-state index contributed by atoms with van der Waals surface area (Å²) in [7, 11) is 3.39. The van der Waals surface area contributed by atoms with Crippen LogP contribution in [0.3, 0.4) is 0 Å². The summed E-state index contributed by atoms with van der Waals surface area (Å²) in [5.41, 5.74) is 6.54. The smallest absolute Gasteiger partial charge is 0.278 e. The molecule has 0 unspecified atom stereocenters. The SMILES string of the molecule is COc1cc(-c2nc(C3(N)CCCCC3)no2)nn1C. The molecular formula is C13H19N5O2. The third-order valence-corrected chi connectivity index (χ3v) is 3.88. The van der Waals surface area contributed by atoms with Crippen LogP contribution in [0.2, 0.25) is 0 Å². The van der Waals surface area contributed by atoms with Crippen LogP contribution in [-0.4, -0.2) is 27.0 Å². The van der Waals surface area contributed by atoms with Gasteiger partial charge in [-0.2, -0.15) is 10.1 Å². The van der Waals surface area contributed by atoms with Gasteiger partial charge in [-0.05, 0) is 12.8 Å². The number of rotatable bonds is 3. The lowest BCUT2D eigenvalue weighted by molar-refractivity contribution is 0.275. The lowest BCUT2D eigenvalue weighted by Gasteiger charge is -2.29. The van der Waals surface area contributed by atoms with Crippen molar-refractivity contribution in [3.63, 3.8) is 0 Å². The van der Waals surface area contributed by atoms with Crippen LogP contribution in [0.15, 0.2) is 10.6 Å². The van der Waals surface area contributed by atoms with E-state index in [9.17, 15) is 0 Å². The van der Waals surface area contributed by atoms with E-state index in [-0.39, 0.29) is 0 Å².